The average molecular weight is 374 g/mol. The minimum absolute atomic E-state index is 0.0476. The quantitative estimate of drug-likeness (QED) is 0.398. The zero-order valence-corrected chi connectivity index (χ0v) is 14.4. The van der Waals surface area contributed by atoms with Crippen LogP contribution < -0.4 is 10.1 Å². The van der Waals surface area contributed by atoms with Gasteiger partial charge in [0.25, 0.3) is 0 Å². The Balaban J connectivity index is 1.68. The van der Waals surface area contributed by atoms with Crippen LogP contribution in [0.2, 0.25) is 0 Å². The van der Waals surface area contributed by atoms with Crippen LogP contribution in [0.1, 0.15) is 27.0 Å². The average Bonchev–Trinajstić information content (AvgIpc) is 2.68. The van der Waals surface area contributed by atoms with Crippen LogP contribution in [0, 0.1) is 11.3 Å². The van der Waals surface area contributed by atoms with E-state index in [-0.39, 0.29) is 28.4 Å². The molecule has 1 aliphatic heterocycles. The Bertz CT molecular complexity index is 1160. The molecule has 3 aromatic carbocycles. The van der Waals surface area contributed by atoms with E-state index < -0.39 is 5.97 Å². The highest BCUT2D eigenvalue weighted by Crippen LogP contribution is 2.44. The summed E-state index contributed by atoms with van der Waals surface area (Å²) in [6, 6.07) is 14.8. The lowest BCUT2D eigenvalue weighted by atomic mass is 10.0. The smallest absolute Gasteiger partial charge is 0.338 e. The number of aromatic carboxylic acids is 1. The SMILES string of the molecule is N#Cc1cc2c(c(C(=O)O)c1)Nc1cc(Cc3ccc(O)c(O)c3)ccc1O2. The molecule has 4 rings (SSSR count). The summed E-state index contributed by atoms with van der Waals surface area (Å²) in [6.45, 7) is 0. The van der Waals surface area contributed by atoms with Gasteiger partial charge in [-0.15, -0.1) is 0 Å². The highest BCUT2D eigenvalue weighted by atomic mass is 16.5. The number of carbonyl (C=O) groups is 1. The minimum atomic E-state index is -1.16. The second-order valence-corrected chi connectivity index (χ2v) is 6.37. The highest BCUT2D eigenvalue weighted by Gasteiger charge is 2.24. The first kappa shape index (κ1) is 17.2. The third-order valence-corrected chi connectivity index (χ3v) is 4.43. The maximum absolute atomic E-state index is 11.6. The summed E-state index contributed by atoms with van der Waals surface area (Å²) in [5, 5.41) is 40.7. The van der Waals surface area contributed by atoms with Gasteiger partial charge in [-0.1, -0.05) is 12.1 Å². The molecule has 0 aromatic heterocycles. The number of hydrogen-bond acceptors (Lipinski definition) is 6. The molecular formula is C21H14N2O5. The number of fused-ring (bicyclic) bond motifs is 2. The number of aromatic hydroxyl groups is 2. The van der Waals surface area contributed by atoms with Crippen LogP contribution in [0.15, 0.2) is 48.5 Å². The molecule has 0 unspecified atom stereocenters. The van der Waals surface area contributed by atoms with Crippen LogP contribution >= 0.6 is 0 Å². The number of phenols is 2. The molecule has 0 bridgehead atoms. The monoisotopic (exact) mass is 374 g/mol. The van der Waals surface area contributed by atoms with E-state index in [4.69, 9.17) is 10.00 Å². The molecule has 0 saturated carbocycles. The van der Waals surface area contributed by atoms with Crippen molar-refractivity contribution in [3.05, 3.63) is 70.8 Å². The van der Waals surface area contributed by atoms with Crippen LogP contribution in [0.25, 0.3) is 0 Å². The van der Waals surface area contributed by atoms with Gasteiger partial charge < -0.3 is 25.4 Å². The zero-order chi connectivity index (χ0) is 19.8. The van der Waals surface area contributed by atoms with E-state index in [0.717, 1.165) is 11.1 Å². The van der Waals surface area contributed by atoms with Gasteiger partial charge in [-0.2, -0.15) is 5.26 Å². The Morgan fingerprint density at radius 3 is 2.46 bits per heavy atom. The minimum Gasteiger partial charge on any atom is -0.504 e. The van der Waals surface area contributed by atoms with Crippen molar-refractivity contribution >= 4 is 17.3 Å². The molecule has 28 heavy (non-hydrogen) atoms. The van der Waals surface area contributed by atoms with Crippen molar-refractivity contribution in [2.45, 2.75) is 6.42 Å². The number of nitriles is 1. The van der Waals surface area contributed by atoms with E-state index in [9.17, 15) is 20.1 Å². The Morgan fingerprint density at radius 1 is 1.00 bits per heavy atom. The Kier molecular flexibility index (Phi) is 4.02. The fraction of sp³-hybridized carbons (Fsp3) is 0.0476. The van der Waals surface area contributed by atoms with E-state index >= 15 is 0 Å². The van der Waals surface area contributed by atoms with Crippen LogP contribution in [0.5, 0.6) is 23.0 Å². The van der Waals surface area contributed by atoms with Crippen LogP contribution in [0.3, 0.4) is 0 Å². The summed E-state index contributed by atoms with van der Waals surface area (Å²) in [5.74, 6) is -0.746. The number of hydrogen-bond donors (Lipinski definition) is 4. The first-order chi connectivity index (χ1) is 13.4. The molecule has 0 aliphatic carbocycles. The molecule has 3 aromatic rings. The van der Waals surface area contributed by atoms with Gasteiger partial charge >= 0.3 is 5.97 Å². The lowest BCUT2D eigenvalue weighted by molar-refractivity contribution is 0.0697. The van der Waals surface area contributed by atoms with Crippen molar-refractivity contribution in [2.75, 3.05) is 5.32 Å². The molecule has 7 nitrogen and oxygen atoms in total. The van der Waals surface area contributed by atoms with Gasteiger partial charge in [0.2, 0.25) is 0 Å². The van der Waals surface area contributed by atoms with Crippen molar-refractivity contribution in [1.29, 1.82) is 5.26 Å². The van der Waals surface area contributed by atoms with E-state index in [0.29, 0.717) is 23.5 Å². The van der Waals surface area contributed by atoms with Crippen molar-refractivity contribution in [2.24, 2.45) is 0 Å². The molecule has 1 aliphatic rings. The van der Waals surface area contributed by atoms with Gasteiger partial charge in [-0.3, -0.25) is 0 Å². The third-order valence-electron chi connectivity index (χ3n) is 4.43. The summed E-state index contributed by atoms with van der Waals surface area (Å²) in [6.07, 6.45) is 0.495. The highest BCUT2D eigenvalue weighted by molar-refractivity contribution is 5.99. The van der Waals surface area contributed by atoms with Crippen molar-refractivity contribution in [3.8, 4) is 29.1 Å². The Morgan fingerprint density at radius 2 is 1.75 bits per heavy atom. The number of nitrogens with one attached hydrogen (secondary N) is 1. The van der Waals surface area contributed by atoms with Gasteiger partial charge in [-0.05, 0) is 47.9 Å². The second-order valence-electron chi connectivity index (χ2n) is 6.37. The number of phenolic OH excluding ortho intramolecular Hbond substituents is 2. The topological polar surface area (TPSA) is 123 Å². The molecule has 138 valence electrons. The molecule has 0 radical (unpaired) electrons. The summed E-state index contributed by atoms with van der Waals surface area (Å²) < 4.78 is 5.80. The normalized spacial score (nSPS) is 11.4. The molecule has 0 saturated heterocycles. The van der Waals surface area contributed by atoms with Gasteiger partial charge in [0.15, 0.2) is 23.0 Å². The van der Waals surface area contributed by atoms with Crippen LogP contribution in [0.4, 0.5) is 11.4 Å². The molecule has 0 spiro atoms. The van der Waals surface area contributed by atoms with Gasteiger partial charge in [-0.25, -0.2) is 4.79 Å². The first-order valence-electron chi connectivity index (χ1n) is 8.34. The fourth-order valence-corrected chi connectivity index (χ4v) is 3.10. The number of benzene rings is 3. The van der Waals surface area contributed by atoms with Crippen molar-refractivity contribution in [3.63, 3.8) is 0 Å². The van der Waals surface area contributed by atoms with Gasteiger partial charge in [0.05, 0.1) is 28.6 Å². The largest absolute Gasteiger partial charge is 0.504 e. The van der Waals surface area contributed by atoms with E-state index in [1.54, 1.807) is 12.1 Å². The molecule has 0 atom stereocenters. The predicted molar refractivity (Wildman–Crippen MR) is 100 cm³/mol. The van der Waals surface area contributed by atoms with E-state index in [1.165, 1.54) is 24.3 Å². The number of anilines is 2. The standard InChI is InChI=1S/C21H14N2O5/c22-10-13-6-14(21(26)27)20-19(9-13)28-18-4-2-11(7-15(18)23-20)5-12-1-3-16(24)17(25)8-12/h1-4,6-9,23-25H,5H2,(H,26,27). The number of nitrogens with zero attached hydrogens (tertiary/aromatic N) is 1. The molecular weight excluding hydrogens is 360 g/mol. The molecule has 7 heteroatoms. The second kappa shape index (κ2) is 6.52. The van der Waals surface area contributed by atoms with Crippen molar-refractivity contribution in [1.82, 2.24) is 0 Å². The lowest BCUT2D eigenvalue weighted by Crippen LogP contribution is -2.10. The number of rotatable bonds is 3. The van der Waals surface area contributed by atoms with Gasteiger partial charge in [0.1, 0.15) is 0 Å². The zero-order valence-electron chi connectivity index (χ0n) is 14.4. The molecule has 0 amide bonds. The molecule has 4 N–H and O–H groups in total. The lowest BCUT2D eigenvalue weighted by Gasteiger charge is -2.24. The maximum Gasteiger partial charge on any atom is 0.338 e. The van der Waals surface area contributed by atoms with Crippen molar-refractivity contribution < 1.29 is 24.9 Å². The van der Waals surface area contributed by atoms with Crippen LogP contribution in [-0.4, -0.2) is 21.3 Å². The Hall–Kier alpha value is -4.18. The molecule has 0 fully saturated rings. The third kappa shape index (κ3) is 3.04. The number of ether oxygens (including phenoxy) is 1. The summed E-state index contributed by atoms with van der Waals surface area (Å²) >= 11 is 0. The van der Waals surface area contributed by atoms with Crippen LogP contribution in [-0.2, 0) is 6.42 Å². The predicted octanol–water partition coefficient (Wildman–Crippen LogP) is 4.11. The fourth-order valence-electron chi connectivity index (χ4n) is 3.10. The van der Waals surface area contributed by atoms with Gasteiger partial charge in [0, 0.05) is 6.07 Å². The molecule has 1 heterocycles. The van der Waals surface area contributed by atoms with E-state index in [1.807, 2.05) is 18.2 Å². The summed E-state index contributed by atoms with van der Waals surface area (Å²) in [5.41, 5.74) is 2.74. The number of carboxylic acid groups (broad SMARTS) is 1. The first-order valence-corrected chi connectivity index (χ1v) is 8.34. The Labute approximate surface area is 159 Å². The summed E-state index contributed by atoms with van der Waals surface area (Å²) in [4.78, 5) is 11.6. The number of carboxylic acids is 1. The summed E-state index contributed by atoms with van der Waals surface area (Å²) in [7, 11) is 0. The van der Waals surface area contributed by atoms with E-state index in [2.05, 4.69) is 5.32 Å². The maximum atomic E-state index is 11.6.